The van der Waals surface area contributed by atoms with Crippen molar-refractivity contribution in [3.63, 3.8) is 0 Å². The van der Waals surface area contributed by atoms with Crippen LogP contribution in [0.4, 0.5) is 5.69 Å². The predicted molar refractivity (Wildman–Crippen MR) is 97.4 cm³/mol. The minimum atomic E-state index is -1.01. The Balaban J connectivity index is 2.20. The fourth-order valence-corrected chi connectivity index (χ4v) is 3.36. The van der Waals surface area contributed by atoms with Gasteiger partial charge in [-0.3, -0.25) is 9.59 Å². The zero-order valence-electron chi connectivity index (χ0n) is 14.7. The van der Waals surface area contributed by atoms with Gasteiger partial charge in [0.1, 0.15) is 6.04 Å². The van der Waals surface area contributed by atoms with Crippen LogP contribution in [0.2, 0.25) is 5.02 Å². The average Bonchev–Trinajstić information content (AvgIpc) is 3.09. The first-order valence-corrected chi connectivity index (χ1v) is 8.87. The van der Waals surface area contributed by atoms with Gasteiger partial charge in [-0.15, -0.1) is 0 Å². The van der Waals surface area contributed by atoms with Gasteiger partial charge >= 0.3 is 5.97 Å². The van der Waals surface area contributed by atoms with E-state index < -0.39 is 17.9 Å². The van der Waals surface area contributed by atoms with E-state index in [9.17, 15) is 19.5 Å². The Morgan fingerprint density at radius 3 is 2.65 bits per heavy atom. The number of carboxylic acid groups (broad SMARTS) is 1. The van der Waals surface area contributed by atoms with Crippen molar-refractivity contribution in [3.8, 4) is 0 Å². The monoisotopic (exact) mass is 376 g/mol. The third-order valence-corrected chi connectivity index (χ3v) is 5.06. The molecule has 1 N–H and O–H groups in total. The lowest BCUT2D eigenvalue weighted by molar-refractivity contribution is -0.150. The first-order valence-electron chi connectivity index (χ1n) is 8.49. The molecule has 138 valence electrons. The molecule has 0 aromatic heterocycles. The maximum Gasteiger partial charge on any atom is 0.326 e. The van der Waals surface area contributed by atoms with E-state index in [1.165, 1.54) is 23.1 Å². The molecule has 2 rings (SSSR count). The van der Waals surface area contributed by atoms with E-state index >= 15 is 0 Å². The number of rotatable bonds is 6. The molecule has 1 aromatic carbocycles. The van der Waals surface area contributed by atoms with E-state index in [-0.39, 0.29) is 34.7 Å². The summed E-state index contributed by atoms with van der Waals surface area (Å²) >= 11 is 5.90. The molecule has 0 unspecified atom stereocenters. The van der Waals surface area contributed by atoms with Crippen LogP contribution < -0.4 is 0 Å². The zero-order chi connectivity index (χ0) is 19.4. The van der Waals surface area contributed by atoms with Gasteiger partial charge in [-0.25, -0.2) is 9.64 Å². The summed E-state index contributed by atoms with van der Waals surface area (Å²) in [5.74, 6) is -2.28. The number of carboxylic acids is 1. The number of halogens is 1. The zero-order valence-corrected chi connectivity index (χ0v) is 15.5. The largest absolute Gasteiger partial charge is 0.480 e. The standard InChI is InChI=1S/C19H21ClN2O4/c1-11(2)13(18(24)22-8-4-5-16(22)19(25)26)10-17(23)12-6-7-14(20)15(9-12)21-3/h6-7,9,11,13,16H,4-5,8,10H2,1-2H3,(H,25,26)/t13-,16-/m0/s1. The van der Waals surface area contributed by atoms with Crippen LogP contribution in [0.15, 0.2) is 18.2 Å². The molecule has 0 spiro atoms. The molecule has 1 saturated heterocycles. The lowest BCUT2D eigenvalue weighted by Gasteiger charge is -2.28. The second-order valence-corrected chi connectivity index (χ2v) is 7.19. The highest BCUT2D eigenvalue weighted by molar-refractivity contribution is 6.33. The number of amides is 1. The van der Waals surface area contributed by atoms with Crippen LogP contribution in [0.25, 0.3) is 4.85 Å². The van der Waals surface area contributed by atoms with Gasteiger partial charge in [0, 0.05) is 29.5 Å². The minimum Gasteiger partial charge on any atom is -0.480 e. The van der Waals surface area contributed by atoms with Gasteiger partial charge in [0.15, 0.2) is 5.78 Å². The van der Waals surface area contributed by atoms with Crippen molar-refractivity contribution >= 4 is 34.9 Å². The number of likely N-dealkylation sites (tertiary alicyclic amines) is 1. The molecule has 1 aromatic rings. The van der Waals surface area contributed by atoms with Crippen molar-refractivity contribution in [3.05, 3.63) is 40.2 Å². The van der Waals surface area contributed by atoms with Gasteiger partial charge in [0.2, 0.25) is 11.6 Å². The number of Topliss-reactive ketones (excluding diaryl/α,β-unsaturated/α-hetero) is 1. The number of hydrogen-bond acceptors (Lipinski definition) is 3. The summed E-state index contributed by atoms with van der Waals surface area (Å²) in [6, 6.07) is 3.64. The first kappa shape index (κ1) is 19.9. The van der Waals surface area contributed by atoms with Gasteiger partial charge in [0.25, 0.3) is 0 Å². The van der Waals surface area contributed by atoms with Crippen molar-refractivity contribution in [2.24, 2.45) is 11.8 Å². The topological polar surface area (TPSA) is 79.0 Å². The smallest absolute Gasteiger partial charge is 0.326 e. The van der Waals surface area contributed by atoms with Gasteiger partial charge < -0.3 is 10.0 Å². The molecule has 1 amide bonds. The molecule has 0 saturated carbocycles. The number of hydrogen-bond donors (Lipinski definition) is 1. The quantitative estimate of drug-likeness (QED) is 0.604. The molecular formula is C19H21ClN2O4. The maximum absolute atomic E-state index is 12.9. The van der Waals surface area contributed by atoms with Gasteiger partial charge in [0.05, 0.1) is 6.57 Å². The summed E-state index contributed by atoms with van der Waals surface area (Å²) in [6.07, 6.45) is 1.05. The normalized spacial score (nSPS) is 17.8. The fraction of sp³-hybridized carbons (Fsp3) is 0.474. The maximum atomic E-state index is 12.9. The third-order valence-electron chi connectivity index (χ3n) is 4.74. The number of aliphatic carboxylic acids is 1. The van der Waals surface area contributed by atoms with E-state index in [0.717, 1.165) is 0 Å². The molecule has 1 heterocycles. The predicted octanol–water partition coefficient (Wildman–Crippen LogP) is 3.81. The Kier molecular flexibility index (Phi) is 6.38. The molecule has 1 fully saturated rings. The summed E-state index contributed by atoms with van der Waals surface area (Å²) in [6.45, 7) is 11.2. The Labute approximate surface area is 157 Å². The molecular weight excluding hydrogens is 356 g/mol. The Morgan fingerprint density at radius 2 is 2.08 bits per heavy atom. The van der Waals surface area contributed by atoms with Crippen molar-refractivity contribution in [1.82, 2.24) is 4.90 Å². The van der Waals surface area contributed by atoms with Crippen LogP contribution in [-0.2, 0) is 9.59 Å². The lowest BCUT2D eigenvalue weighted by atomic mass is 9.87. The SMILES string of the molecule is [C-]#[N+]c1cc(C(=O)C[C@H](C(=O)N2CCC[C@H]2C(=O)O)C(C)C)ccc1Cl. The van der Waals surface area contributed by atoms with Gasteiger partial charge in [-0.05, 0) is 24.8 Å². The van der Waals surface area contributed by atoms with Crippen molar-refractivity contribution < 1.29 is 19.5 Å². The van der Waals surface area contributed by atoms with Crippen molar-refractivity contribution in [2.75, 3.05) is 6.54 Å². The summed E-state index contributed by atoms with van der Waals surface area (Å²) in [7, 11) is 0. The second kappa shape index (κ2) is 8.33. The molecule has 26 heavy (non-hydrogen) atoms. The molecule has 6 nitrogen and oxygen atoms in total. The number of carbonyl (C=O) groups excluding carboxylic acids is 2. The van der Waals surface area contributed by atoms with E-state index in [1.54, 1.807) is 0 Å². The Hall–Kier alpha value is -2.39. The molecule has 0 bridgehead atoms. The number of nitrogens with zero attached hydrogens (tertiary/aromatic N) is 2. The highest BCUT2D eigenvalue weighted by Crippen LogP contribution is 2.29. The molecule has 1 aliphatic rings. The average molecular weight is 377 g/mol. The Morgan fingerprint density at radius 1 is 1.38 bits per heavy atom. The van der Waals surface area contributed by atoms with Crippen molar-refractivity contribution in [2.45, 2.75) is 39.2 Å². The Bertz CT molecular complexity index is 769. The molecule has 7 heteroatoms. The van der Waals surface area contributed by atoms with Crippen LogP contribution in [0, 0.1) is 18.4 Å². The molecule has 2 atom stereocenters. The molecule has 1 aliphatic heterocycles. The number of benzene rings is 1. The van der Waals surface area contributed by atoms with Crippen LogP contribution >= 0.6 is 11.6 Å². The summed E-state index contributed by atoms with van der Waals surface area (Å²) in [5.41, 5.74) is 0.519. The number of ketones is 1. The lowest BCUT2D eigenvalue weighted by Crippen LogP contribution is -2.45. The third kappa shape index (κ3) is 4.23. The van der Waals surface area contributed by atoms with Crippen LogP contribution in [-0.4, -0.2) is 40.3 Å². The van der Waals surface area contributed by atoms with Crippen LogP contribution in [0.3, 0.4) is 0 Å². The highest BCUT2D eigenvalue weighted by Gasteiger charge is 2.38. The summed E-state index contributed by atoms with van der Waals surface area (Å²) in [5, 5.41) is 9.57. The van der Waals surface area contributed by atoms with E-state index in [1.807, 2.05) is 13.8 Å². The molecule has 0 aliphatic carbocycles. The molecule has 0 radical (unpaired) electrons. The highest BCUT2D eigenvalue weighted by atomic mass is 35.5. The summed E-state index contributed by atoms with van der Waals surface area (Å²) in [4.78, 5) is 41.5. The minimum absolute atomic E-state index is 0.0294. The van der Waals surface area contributed by atoms with E-state index in [4.69, 9.17) is 18.2 Å². The van der Waals surface area contributed by atoms with Gasteiger partial charge in [-0.2, -0.15) is 0 Å². The second-order valence-electron chi connectivity index (χ2n) is 6.78. The van der Waals surface area contributed by atoms with Gasteiger partial charge in [-0.1, -0.05) is 37.6 Å². The van der Waals surface area contributed by atoms with Crippen molar-refractivity contribution in [1.29, 1.82) is 0 Å². The van der Waals surface area contributed by atoms with E-state index in [2.05, 4.69) is 4.85 Å². The fourth-order valence-electron chi connectivity index (χ4n) is 3.20. The van der Waals surface area contributed by atoms with Crippen LogP contribution in [0.1, 0.15) is 43.5 Å². The van der Waals surface area contributed by atoms with E-state index in [0.29, 0.717) is 24.9 Å². The number of carbonyl (C=O) groups is 3. The van der Waals surface area contributed by atoms with Crippen LogP contribution in [0.5, 0.6) is 0 Å². The summed E-state index contributed by atoms with van der Waals surface area (Å²) < 4.78 is 0. The first-order chi connectivity index (χ1) is 12.3.